The lowest BCUT2D eigenvalue weighted by Crippen LogP contribution is -2.49. The largest absolute Gasteiger partial charge is 0.394 e. The molecule has 1 rings (SSSR count). The summed E-state index contributed by atoms with van der Waals surface area (Å²) in [6.07, 6.45) is 0. The molecule has 80 valence electrons. The molecule has 0 aliphatic carbocycles. The summed E-state index contributed by atoms with van der Waals surface area (Å²) in [4.78, 5) is 0. The van der Waals surface area contributed by atoms with Gasteiger partial charge in [-0.15, -0.1) is 0 Å². The van der Waals surface area contributed by atoms with Gasteiger partial charge in [-0.3, -0.25) is 0 Å². The number of aryl methyl sites for hydroxylation is 1. The molecule has 0 amide bonds. The summed E-state index contributed by atoms with van der Waals surface area (Å²) in [6.45, 7) is -1.27. The summed E-state index contributed by atoms with van der Waals surface area (Å²) in [5, 5.41) is 40.2. The van der Waals surface area contributed by atoms with E-state index in [9.17, 15) is 0 Å². The number of aliphatic hydroxyl groups is 3. The second-order valence-corrected chi connectivity index (χ2v) is 3.01. The minimum atomic E-state index is -1.21. The van der Waals surface area contributed by atoms with Crippen LogP contribution in [0.1, 0.15) is 0 Å². The lowest BCUT2D eigenvalue weighted by atomic mass is 10.0. The van der Waals surface area contributed by atoms with Crippen molar-refractivity contribution in [3.63, 3.8) is 0 Å². The van der Waals surface area contributed by atoms with Gasteiger partial charge in [0.05, 0.1) is 19.8 Å². The number of aromatic nitrogens is 4. The summed E-state index contributed by atoms with van der Waals surface area (Å²) < 4.78 is 1.33. The SMILES string of the molecule is Cn1nnnc1NC(CO)(CO)CO. The summed E-state index contributed by atoms with van der Waals surface area (Å²) in [6, 6.07) is 0. The third kappa shape index (κ3) is 1.97. The average Bonchev–Trinajstić information content (AvgIpc) is 2.61. The minimum Gasteiger partial charge on any atom is -0.394 e. The maximum Gasteiger partial charge on any atom is 0.243 e. The van der Waals surface area contributed by atoms with Crippen LogP contribution in [0.4, 0.5) is 5.95 Å². The van der Waals surface area contributed by atoms with Gasteiger partial charge in [0.2, 0.25) is 5.95 Å². The smallest absolute Gasteiger partial charge is 0.243 e. The molecular formula is C6H13N5O3. The van der Waals surface area contributed by atoms with Crippen molar-refractivity contribution in [2.24, 2.45) is 7.05 Å². The number of rotatable bonds is 5. The van der Waals surface area contributed by atoms with Crippen LogP contribution in [-0.2, 0) is 7.05 Å². The highest BCUT2D eigenvalue weighted by Gasteiger charge is 2.29. The highest BCUT2D eigenvalue weighted by atomic mass is 16.3. The number of aliphatic hydroxyl groups excluding tert-OH is 3. The highest BCUT2D eigenvalue weighted by Crippen LogP contribution is 2.10. The molecule has 1 aromatic rings. The first kappa shape index (κ1) is 10.8. The predicted molar refractivity (Wildman–Crippen MR) is 46.4 cm³/mol. The maximum absolute atomic E-state index is 9.01. The van der Waals surface area contributed by atoms with Crippen LogP contribution in [0.5, 0.6) is 0 Å². The van der Waals surface area contributed by atoms with E-state index in [0.29, 0.717) is 0 Å². The summed E-state index contributed by atoms with van der Waals surface area (Å²) >= 11 is 0. The van der Waals surface area contributed by atoms with Crippen LogP contribution in [0.25, 0.3) is 0 Å². The third-order valence-electron chi connectivity index (χ3n) is 1.91. The molecule has 0 saturated carbocycles. The highest BCUT2D eigenvalue weighted by molar-refractivity contribution is 5.27. The molecular weight excluding hydrogens is 190 g/mol. The average molecular weight is 203 g/mol. The van der Waals surface area contributed by atoms with Gasteiger partial charge < -0.3 is 20.6 Å². The van der Waals surface area contributed by atoms with E-state index in [2.05, 4.69) is 20.8 Å². The summed E-state index contributed by atoms with van der Waals surface area (Å²) in [5.74, 6) is 0.266. The maximum atomic E-state index is 9.01. The van der Waals surface area contributed by atoms with E-state index < -0.39 is 25.4 Å². The Morgan fingerprint density at radius 2 is 1.86 bits per heavy atom. The molecule has 0 fully saturated rings. The molecule has 0 unspecified atom stereocenters. The molecule has 0 aliphatic heterocycles. The monoisotopic (exact) mass is 203 g/mol. The second kappa shape index (κ2) is 4.31. The van der Waals surface area contributed by atoms with Gasteiger partial charge >= 0.3 is 0 Å². The van der Waals surface area contributed by atoms with Gasteiger partial charge in [-0.05, 0) is 10.4 Å². The molecule has 1 heterocycles. The van der Waals surface area contributed by atoms with Gasteiger partial charge in [0.1, 0.15) is 5.54 Å². The molecule has 0 aromatic carbocycles. The first-order chi connectivity index (χ1) is 6.67. The van der Waals surface area contributed by atoms with Crippen molar-refractivity contribution >= 4 is 5.95 Å². The molecule has 1 aromatic heterocycles. The van der Waals surface area contributed by atoms with Crippen molar-refractivity contribution in [3.05, 3.63) is 0 Å². The quantitative estimate of drug-likeness (QED) is 0.412. The fraction of sp³-hybridized carbons (Fsp3) is 0.833. The molecule has 0 saturated heterocycles. The standard InChI is InChI=1S/C6H13N5O3/c1-11-5(8-9-10-11)7-6(2-12,3-13)4-14/h12-14H,2-4H2,1H3,(H,7,8,10). The van der Waals surface area contributed by atoms with Gasteiger partial charge in [-0.25, -0.2) is 4.68 Å². The molecule has 0 radical (unpaired) electrons. The number of hydrogen-bond donors (Lipinski definition) is 4. The molecule has 8 nitrogen and oxygen atoms in total. The van der Waals surface area contributed by atoms with Gasteiger partial charge in [0.25, 0.3) is 0 Å². The number of nitrogens with zero attached hydrogens (tertiary/aromatic N) is 4. The van der Waals surface area contributed by atoms with Crippen LogP contribution < -0.4 is 5.32 Å². The van der Waals surface area contributed by atoms with Crippen molar-refractivity contribution in [2.75, 3.05) is 25.1 Å². The van der Waals surface area contributed by atoms with Crippen LogP contribution >= 0.6 is 0 Å². The van der Waals surface area contributed by atoms with E-state index in [1.54, 1.807) is 7.05 Å². The van der Waals surface area contributed by atoms with Gasteiger partial charge in [0.15, 0.2) is 0 Å². The Morgan fingerprint density at radius 1 is 1.29 bits per heavy atom. The number of tetrazole rings is 1. The van der Waals surface area contributed by atoms with Crippen molar-refractivity contribution in [3.8, 4) is 0 Å². The van der Waals surface area contributed by atoms with Crippen LogP contribution in [0.3, 0.4) is 0 Å². The molecule has 0 bridgehead atoms. The van der Waals surface area contributed by atoms with Crippen molar-refractivity contribution < 1.29 is 15.3 Å². The van der Waals surface area contributed by atoms with E-state index >= 15 is 0 Å². The van der Waals surface area contributed by atoms with E-state index in [4.69, 9.17) is 15.3 Å². The summed E-state index contributed by atoms with van der Waals surface area (Å²) in [7, 11) is 1.60. The Balaban J connectivity index is 2.79. The Labute approximate surface area is 80.2 Å². The zero-order valence-electron chi connectivity index (χ0n) is 7.75. The zero-order chi connectivity index (χ0) is 10.6. The molecule has 4 N–H and O–H groups in total. The lowest BCUT2D eigenvalue weighted by Gasteiger charge is -2.28. The Kier molecular flexibility index (Phi) is 3.33. The number of anilines is 1. The normalized spacial score (nSPS) is 11.7. The Bertz CT molecular complexity index is 276. The topological polar surface area (TPSA) is 116 Å². The van der Waals surface area contributed by atoms with E-state index in [-0.39, 0.29) is 5.95 Å². The van der Waals surface area contributed by atoms with E-state index in [1.807, 2.05) is 0 Å². The number of nitrogens with one attached hydrogen (secondary N) is 1. The van der Waals surface area contributed by atoms with Crippen LogP contribution in [0, 0.1) is 0 Å². The van der Waals surface area contributed by atoms with Crippen molar-refractivity contribution in [2.45, 2.75) is 5.54 Å². The van der Waals surface area contributed by atoms with Gasteiger partial charge in [-0.2, -0.15) is 0 Å². The van der Waals surface area contributed by atoms with Crippen LogP contribution in [0.15, 0.2) is 0 Å². The second-order valence-electron chi connectivity index (χ2n) is 3.01. The Morgan fingerprint density at radius 3 is 2.21 bits per heavy atom. The lowest BCUT2D eigenvalue weighted by molar-refractivity contribution is 0.0826. The van der Waals surface area contributed by atoms with Gasteiger partial charge in [0, 0.05) is 7.05 Å². The van der Waals surface area contributed by atoms with Crippen LogP contribution in [0.2, 0.25) is 0 Å². The first-order valence-corrected chi connectivity index (χ1v) is 4.00. The third-order valence-corrected chi connectivity index (χ3v) is 1.91. The van der Waals surface area contributed by atoms with Crippen molar-refractivity contribution in [1.29, 1.82) is 0 Å². The molecule has 14 heavy (non-hydrogen) atoms. The fourth-order valence-electron chi connectivity index (χ4n) is 0.841. The fourth-order valence-corrected chi connectivity index (χ4v) is 0.841. The van der Waals surface area contributed by atoms with Crippen LogP contribution in [-0.4, -0.2) is 60.9 Å². The minimum absolute atomic E-state index is 0.266. The Hall–Kier alpha value is -1.25. The number of hydrogen-bond acceptors (Lipinski definition) is 7. The van der Waals surface area contributed by atoms with Crippen molar-refractivity contribution in [1.82, 2.24) is 20.2 Å². The first-order valence-electron chi connectivity index (χ1n) is 4.00. The predicted octanol–water partition coefficient (Wildman–Crippen LogP) is -2.66. The molecule has 0 spiro atoms. The zero-order valence-corrected chi connectivity index (χ0v) is 7.75. The van der Waals surface area contributed by atoms with E-state index in [0.717, 1.165) is 0 Å². The molecule has 8 heteroatoms. The van der Waals surface area contributed by atoms with Gasteiger partial charge in [-0.1, -0.05) is 5.10 Å². The van der Waals surface area contributed by atoms with E-state index in [1.165, 1.54) is 4.68 Å². The molecule has 0 atom stereocenters. The molecule has 0 aliphatic rings. The summed E-state index contributed by atoms with van der Waals surface area (Å²) in [5.41, 5.74) is -1.21.